The minimum atomic E-state index is -3.91. The third kappa shape index (κ3) is 5.33. The second kappa shape index (κ2) is 9.21. The predicted octanol–water partition coefficient (Wildman–Crippen LogP) is 2.63. The van der Waals surface area contributed by atoms with Crippen LogP contribution in [0.2, 0.25) is 0 Å². The number of piperazine rings is 1. The van der Waals surface area contributed by atoms with Gasteiger partial charge in [-0.05, 0) is 42.7 Å². The summed E-state index contributed by atoms with van der Waals surface area (Å²) in [5.41, 5.74) is 0.710. The number of carbonyl (C=O) groups is 1. The average Bonchev–Trinajstić information content (AvgIpc) is 2.70. The van der Waals surface area contributed by atoms with E-state index in [9.17, 15) is 22.0 Å². The van der Waals surface area contributed by atoms with Crippen LogP contribution in [0.15, 0.2) is 52.3 Å². The van der Waals surface area contributed by atoms with E-state index in [-0.39, 0.29) is 30.4 Å². The average molecular weight is 442 g/mol. The summed E-state index contributed by atoms with van der Waals surface area (Å²) in [6.45, 7) is 1.19. The third-order valence-corrected chi connectivity index (χ3v) is 7.20. The molecule has 3 rings (SSSR count). The summed E-state index contributed by atoms with van der Waals surface area (Å²) >= 11 is 1.58. The Balaban J connectivity index is 1.55. The zero-order chi connectivity index (χ0) is 21.0. The van der Waals surface area contributed by atoms with Gasteiger partial charge in [-0.25, -0.2) is 17.2 Å². The van der Waals surface area contributed by atoms with Gasteiger partial charge in [0.25, 0.3) is 0 Å². The molecule has 29 heavy (non-hydrogen) atoms. The van der Waals surface area contributed by atoms with Crippen molar-refractivity contribution in [2.75, 3.05) is 44.3 Å². The van der Waals surface area contributed by atoms with E-state index in [0.717, 1.165) is 17.0 Å². The molecular formula is C19H21F2N3O3S2. The van der Waals surface area contributed by atoms with Gasteiger partial charge in [0.2, 0.25) is 15.9 Å². The summed E-state index contributed by atoms with van der Waals surface area (Å²) in [5.74, 6) is -2.48. The van der Waals surface area contributed by atoms with E-state index in [4.69, 9.17) is 0 Å². The lowest BCUT2D eigenvalue weighted by Crippen LogP contribution is -2.50. The van der Waals surface area contributed by atoms with Crippen molar-refractivity contribution in [3.05, 3.63) is 54.1 Å². The van der Waals surface area contributed by atoms with Crippen LogP contribution in [-0.4, -0.2) is 62.5 Å². The van der Waals surface area contributed by atoms with E-state index in [1.54, 1.807) is 11.8 Å². The van der Waals surface area contributed by atoms with Crippen molar-refractivity contribution >= 4 is 33.4 Å². The van der Waals surface area contributed by atoms with Crippen LogP contribution < -0.4 is 5.32 Å². The molecule has 0 radical (unpaired) electrons. The Morgan fingerprint density at radius 3 is 2.45 bits per heavy atom. The van der Waals surface area contributed by atoms with Gasteiger partial charge >= 0.3 is 0 Å². The van der Waals surface area contributed by atoms with Gasteiger partial charge in [0.15, 0.2) is 11.6 Å². The van der Waals surface area contributed by atoms with Crippen molar-refractivity contribution in [3.8, 4) is 0 Å². The zero-order valence-corrected chi connectivity index (χ0v) is 17.4. The van der Waals surface area contributed by atoms with Crippen LogP contribution in [0.1, 0.15) is 0 Å². The van der Waals surface area contributed by atoms with Crippen LogP contribution in [0.5, 0.6) is 0 Å². The lowest BCUT2D eigenvalue weighted by atomic mass is 10.3. The van der Waals surface area contributed by atoms with Gasteiger partial charge in [-0.2, -0.15) is 4.31 Å². The fraction of sp³-hybridized carbons (Fsp3) is 0.316. The molecule has 1 fully saturated rings. The number of nitrogens with zero attached hydrogens (tertiary/aromatic N) is 2. The largest absolute Gasteiger partial charge is 0.325 e. The molecule has 2 aromatic carbocycles. The molecule has 0 aliphatic carbocycles. The Morgan fingerprint density at radius 1 is 1.07 bits per heavy atom. The molecule has 1 saturated heterocycles. The number of thioether (sulfide) groups is 1. The number of carbonyl (C=O) groups excluding carboxylic acids is 1. The molecule has 1 amide bonds. The third-order valence-electron chi connectivity index (χ3n) is 4.58. The van der Waals surface area contributed by atoms with Crippen molar-refractivity contribution in [1.29, 1.82) is 0 Å². The van der Waals surface area contributed by atoms with Gasteiger partial charge in [0, 0.05) is 36.8 Å². The summed E-state index contributed by atoms with van der Waals surface area (Å²) in [5, 5.41) is 2.84. The molecular weight excluding hydrogens is 420 g/mol. The summed E-state index contributed by atoms with van der Waals surface area (Å²) in [6, 6.07) is 10.0. The first-order valence-electron chi connectivity index (χ1n) is 8.91. The molecule has 0 unspecified atom stereocenters. The highest BCUT2D eigenvalue weighted by Gasteiger charge is 2.29. The quantitative estimate of drug-likeness (QED) is 0.698. The maximum atomic E-state index is 13.4. The molecule has 10 heteroatoms. The number of benzene rings is 2. The number of amides is 1. The van der Waals surface area contributed by atoms with Crippen molar-refractivity contribution < 1.29 is 22.0 Å². The number of hydrogen-bond acceptors (Lipinski definition) is 5. The van der Waals surface area contributed by atoms with Crippen LogP contribution in [0.25, 0.3) is 0 Å². The summed E-state index contributed by atoms with van der Waals surface area (Å²) in [6.07, 6.45) is 1.95. The first kappa shape index (κ1) is 21.7. The second-order valence-corrected chi connectivity index (χ2v) is 9.35. The van der Waals surface area contributed by atoms with E-state index < -0.39 is 21.7 Å². The molecule has 1 N–H and O–H groups in total. The number of rotatable bonds is 6. The van der Waals surface area contributed by atoms with E-state index in [2.05, 4.69) is 5.32 Å². The monoisotopic (exact) mass is 441 g/mol. The van der Waals surface area contributed by atoms with E-state index in [0.29, 0.717) is 24.8 Å². The van der Waals surface area contributed by atoms with Gasteiger partial charge in [0.05, 0.1) is 11.4 Å². The molecule has 1 aliphatic rings. The van der Waals surface area contributed by atoms with Gasteiger partial charge in [-0.1, -0.05) is 6.07 Å². The fourth-order valence-electron chi connectivity index (χ4n) is 3.02. The standard InChI is InChI=1S/C19H21F2N3O3S2/c1-28-15-4-2-3-14(11-15)22-19(25)13-23-7-9-24(10-8-23)29(26,27)16-5-6-17(20)18(21)12-16/h2-6,11-12H,7-10,13H2,1H3,(H,22,25). The fourth-order valence-corrected chi connectivity index (χ4v) is 4.91. The highest BCUT2D eigenvalue weighted by Crippen LogP contribution is 2.21. The molecule has 2 aromatic rings. The highest BCUT2D eigenvalue weighted by atomic mass is 32.2. The molecule has 0 aromatic heterocycles. The van der Waals surface area contributed by atoms with E-state index in [1.807, 2.05) is 35.4 Å². The Hall–Kier alpha value is -2.01. The Morgan fingerprint density at radius 2 is 1.79 bits per heavy atom. The van der Waals surface area contributed by atoms with Crippen LogP contribution in [0.4, 0.5) is 14.5 Å². The molecule has 6 nitrogen and oxygen atoms in total. The SMILES string of the molecule is CSc1cccc(NC(=O)CN2CCN(S(=O)(=O)c3ccc(F)c(F)c3)CC2)c1. The van der Waals surface area contributed by atoms with Gasteiger partial charge in [-0.3, -0.25) is 9.69 Å². The van der Waals surface area contributed by atoms with Crippen LogP contribution >= 0.6 is 11.8 Å². The number of hydrogen-bond donors (Lipinski definition) is 1. The maximum absolute atomic E-state index is 13.4. The predicted molar refractivity (Wildman–Crippen MR) is 108 cm³/mol. The van der Waals surface area contributed by atoms with E-state index >= 15 is 0 Å². The van der Waals surface area contributed by atoms with Crippen molar-refractivity contribution in [1.82, 2.24) is 9.21 Å². The minimum absolute atomic E-state index is 0.141. The first-order valence-corrected chi connectivity index (χ1v) is 11.6. The smallest absolute Gasteiger partial charge is 0.243 e. The van der Waals surface area contributed by atoms with Crippen LogP contribution in [-0.2, 0) is 14.8 Å². The molecule has 0 spiro atoms. The molecule has 0 saturated carbocycles. The lowest BCUT2D eigenvalue weighted by Gasteiger charge is -2.33. The Bertz CT molecular complexity index is 994. The van der Waals surface area contributed by atoms with Crippen molar-refractivity contribution in [2.45, 2.75) is 9.79 Å². The van der Waals surface area contributed by atoms with Crippen LogP contribution in [0.3, 0.4) is 0 Å². The number of nitrogens with one attached hydrogen (secondary N) is 1. The molecule has 0 atom stereocenters. The van der Waals surface area contributed by atoms with E-state index in [1.165, 1.54) is 4.31 Å². The highest BCUT2D eigenvalue weighted by molar-refractivity contribution is 7.98. The topological polar surface area (TPSA) is 69.7 Å². The molecule has 0 bridgehead atoms. The van der Waals surface area contributed by atoms with Gasteiger partial charge < -0.3 is 5.32 Å². The van der Waals surface area contributed by atoms with Gasteiger partial charge in [-0.15, -0.1) is 11.8 Å². The molecule has 156 valence electrons. The summed E-state index contributed by atoms with van der Waals surface area (Å²) < 4.78 is 52.9. The first-order chi connectivity index (χ1) is 13.8. The molecule has 1 aliphatic heterocycles. The zero-order valence-electron chi connectivity index (χ0n) is 15.8. The lowest BCUT2D eigenvalue weighted by molar-refractivity contribution is -0.117. The van der Waals surface area contributed by atoms with Crippen molar-refractivity contribution in [2.24, 2.45) is 0 Å². The minimum Gasteiger partial charge on any atom is -0.325 e. The van der Waals surface area contributed by atoms with Gasteiger partial charge in [0.1, 0.15) is 0 Å². The van der Waals surface area contributed by atoms with Crippen LogP contribution in [0, 0.1) is 11.6 Å². The Labute approximate surface area is 172 Å². The van der Waals surface area contributed by atoms with Crippen molar-refractivity contribution in [3.63, 3.8) is 0 Å². The Kier molecular flexibility index (Phi) is 6.89. The second-order valence-electron chi connectivity index (χ2n) is 6.54. The molecule has 1 heterocycles. The number of halogens is 2. The summed E-state index contributed by atoms with van der Waals surface area (Å²) in [4.78, 5) is 14.9. The number of sulfonamides is 1. The normalized spacial score (nSPS) is 16.0. The number of anilines is 1. The summed E-state index contributed by atoms with van der Waals surface area (Å²) in [7, 11) is -3.91. The maximum Gasteiger partial charge on any atom is 0.243 e.